The predicted octanol–water partition coefficient (Wildman–Crippen LogP) is 4.15. The number of rotatable bonds is 9. The first-order chi connectivity index (χ1) is 19.9. The van der Waals surface area contributed by atoms with Crippen LogP contribution in [-0.2, 0) is 14.4 Å². The minimum Gasteiger partial charge on any atom is -0.389 e. The first-order valence-corrected chi connectivity index (χ1v) is 17.7. The van der Waals surface area contributed by atoms with E-state index in [1.165, 1.54) is 12.3 Å². The first kappa shape index (κ1) is 29.7. The number of benzene rings is 1. The number of piperazine rings is 1. The van der Waals surface area contributed by atoms with Crippen molar-refractivity contribution in [1.29, 1.82) is 0 Å². The minimum atomic E-state index is -3.74. The maximum atomic E-state index is 13.2. The number of nitrogens with zero attached hydrogens (tertiary/aromatic N) is 7. The highest BCUT2D eigenvalue weighted by atomic mass is 35.5. The van der Waals surface area contributed by atoms with Crippen LogP contribution >= 0.6 is 18.7 Å². The fourth-order valence-electron chi connectivity index (χ4n) is 4.24. The highest BCUT2D eigenvalue weighted by Crippen LogP contribution is 2.38. The molecule has 4 heterocycles. The molecule has 0 radical (unpaired) electrons. The molecule has 4 aromatic rings. The van der Waals surface area contributed by atoms with Gasteiger partial charge in [0.2, 0.25) is 5.95 Å². The molecule has 222 valence electrons. The van der Waals surface area contributed by atoms with Crippen molar-refractivity contribution in [3.63, 3.8) is 0 Å². The molecule has 0 aliphatic carbocycles. The summed E-state index contributed by atoms with van der Waals surface area (Å²) in [5.74, 6) is 1.19. The summed E-state index contributed by atoms with van der Waals surface area (Å²) >= 11 is 6.37. The van der Waals surface area contributed by atoms with Gasteiger partial charge in [0.05, 0.1) is 22.0 Å². The van der Waals surface area contributed by atoms with Crippen molar-refractivity contribution in [2.75, 3.05) is 59.9 Å². The summed E-state index contributed by atoms with van der Waals surface area (Å²) in [6, 6.07) is 10.9. The van der Waals surface area contributed by atoms with Crippen LogP contribution in [0.3, 0.4) is 0 Å². The van der Waals surface area contributed by atoms with E-state index in [0.29, 0.717) is 24.4 Å². The van der Waals surface area contributed by atoms with Gasteiger partial charge in [-0.25, -0.2) is 18.4 Å². The zero-order valence-electron chi connectivity index (χ0n) is 23.5. The van der Waals surface area contributed by atoms with Crippen molar-refractivity contribution in [2.45, 2.75) is 24.0 Å². The largest absolute Gasteiger partial charge is 0.389 e. The molecule has 0 spiro atoms. The van der Waals surface area contributed by atoms with Gasteiger partial charge in [-0.2, -0.15) is 4.98 Å². The summed E-state index contributed by atoms with van der Waals surface area (Å²) in [7, 11) is -6.45. The zero-order valence-corrected chi connectivity index (χ0v) is 26.0. The molecule has 0 amide bonds. The van der Waals surface area contributed by atoms with Crippen LogP contribution in [-0.4, -0.2) is 78.3 Å². The van der Waals surface area contributed by atoms with Crippen molar-refractivity contribution in [2.24, 2.45) is 0 Å². The lowest BCUT2D eigenvalue weighted by molar-refractivity contribution is 0.525. The number of hydrogen-bond acceptors (Lipinski definition) is 13. The highest BCUT2D eigenvalue weighted by molar-refractivity contribution is 7.92. The first-order valence-electron chi connectivity index (χ1n) is 13.2. The van der Waals surface area contributed by atoms with Crippen LogP contribution in [0.1, 0.15) is 13.8 Å². The Bertz CT molecular complexity index is 1720. The fourth-order valence-corrected chi connectivity index (χ4v) is 6.56. The van der Waals surface area contributed by atoms with Crippen LogP contribution in [0.15, 0.2) is 58.1 Å². The van der Waals surface area contributed by atoms with Crippen molar-refractivity contribution < 1.29 is 17.4 Å². The van der Waals surface area contributed by atoms with Crippen LogP contribution in [0.2, 0.25) is 5.02 Å². The summed E-state index contributed by atoms with van der Waals surface area (Å²) in [6.07, 6.45) is 3.14. The van der Waals surface area contributed by atoms with Crippen LogP contribution in [0.5, 0.6) is 0 Å². The molecule has 5 rings (SSSR count). The van der Waals surface area contributed by atoms with E-state index in [9.17, 15) is 13.0 Å². The average Bonchev–Trinajstić information content (AvgIpc) is 3.43. The number of sulfone groups is 1. The Morgan fingerprint density at radius 3 is 2.40 bits per heavy atom. The van der Waals surface area contributed by atoms with Crippen molar-refractivity contribution in [1.82, 2.24) is 25.1 Å². The molecular weight excluding hydrogens is 601 g/mol. The van der Waals surface area contributed by atoms with E-state index in [-0.39, 0.29) is 33.4 Å². The Kier molecular flexibility index (Phi) is 8.40. The van der Waals surface area contributed by atoms with Crippen LogP contribution in [0, 0.1) is 0 Å². The van der Waals surface area contributed by atoms with Crippen molar-refractivity contribution in [3.8, 4) is 0 Å². The molecule has 0 saturated carbocycles. The van der Waals surface area contributed by atoms with Gasteiger partial charge < -0.3 is 24.1 Å². The SMILES string of the molecule is CC(C)S(=O)(=O)c1cc(P(C)(C)=O)ccc1Nc1nc(Nc2nnc(N3CCN(c4ccccn4)CC3)o2)ncc1Cl. The second-order valence-electron chi connectivity index (χ2n) is 10.3. The van der Waals surface area contributed by atoms with Crippen LogP contribution in [0.4, 0.5) is 35.3 Å². The number of nitrogens with one attached hydrogen (secondary N) is 2. The van der Waals surface area contributed by atoms with E-state index < -0.39 is 22.2 Å². The maximum absolute atomic E-state index is 13.2. The number of hydrogen-bond donors (Lipinski definition) is 2. The Morgan fingerprint density at radius 1 is 1.00 bits per heavy atom. The summed E-state index contributed by atoms with van der Waals surface area (Å²) < 4.78 is 44.9. The third kappa shape index (κ3) is 6.50. The van der Waals surface area contributed by atoms with E-state index in [1.807, 2.05) is 23.1 Å². The molecule has 42 heavy (non-hydrogen) atoms. The number of anilines is 6. The lowest BCUT2D eigenvalue weighted by Crippen LogP contribution is -2.47. The lowest BCUT2D eigenvalue weighted by Gasteiger charge is -2.34. The standard InChI is InChI=1S/C26H31ClN9O4PS/c1-17(2)42(38,39)21-15-18(41(3,4)37)8-9-20(21)30-23-19(27)16-29-24(31-23)32-25-33-34-26(40-25)36-13-11-35(12-14-36)22-7-5-6-10-28-22/h5-10,15-17H,11-14H2,1-4H3,(H2,29,30,31,32,33). The van der Waals surface area contributed by atoms with Crippen molar-refractivity contribution >= 4 is 69.2 Å². The molecule has 13 nitrogen and oxygen atoms in total. The van der Waals surface area contributed by atoms with Gasteiger partial charge in [0.1, 0.15) is 18.0 Å². The van der Waals surface area contributed by atoms with Gasteiger partial charge in [-0.1, -0.05) is 27.9 Å². The molecule has 1 aliphatic rings. The molecule has 2 N–H and O–H groups in total. The summed E-state index contributed by atoms with van der Waals surface area (Å²) in [4.78, 5) is 17.2. The molecule has 1 aromatic carbocycles. The van der Waals surface area contributed by atoms with E-state index in [2.05, 4.69) is 40.7 Å². The van der Waals surface area contributed by atoms with Crippen molar-refractivity contribution in [3.05, 3.63) is 53.8 Å². The molecule has 3 aromatic heterocycles. The smallest absolute Gasteiger partial charge is 0.323 e. The van der Waals surface area contributed by atoms with Gasteiger partial charge in [-0.05, 0) is 57.5 Å². The van der Waals surface area contributed by atoms with E-state index >= 15 is 0 Å². The third-order valence-corrected chi connectivity index (χ3v) is 10.7. The average molecular weight is 632 g/mol. The predicted molar refractivity (Wildman–Crippen MR) is 164 cm³/mol. The van der Waals surface area contributed by atoms with E-state index in [1.54, 1.807) is 45.5 Å². The van der Waals surface area contributed by atoms with Gasteiger partial charge in [0.15, 0.2) is 15.7 Å². The monoisotopic (exact) mass is 631 g/mol. The van der Waals surface area contributed by atoms with E-state index in [4.69, 9.17) is 16.0 Å². The zero-order chi connectivity index (χ0) is 30.1. The molecule has 1 aliphatic heterocycles. The maximum Gasteiger partial charge on any atom is 0.323 e. The molecule has 0 atom stereocenters. The minimum absolute atomic E-state index is 0.00722. The topological polar surface area (TPSA) is 159 Å². The number of aromatic nitrogens is 5. The second-order valence-corrected chi connectivity index (χ2v) is 16.4. The van der Waals surface area contributed by atoms with Crippen LogP contribution in [0.25, 0.3) is 0 Å². The molecule has 0 bridgehead atoms. The lowest BCUT2D eigenvalue weighted by atomic mass is 10.3. The Morgan fingerprint density at radius 2 is 1.74 bits per heavy atom. The van der Waals surface area contributed by atoms with Gasteiger partial charge in [0.25, 0.3) is 0 Å². The Hall–Kier alpha value is -3.74. The van der Waals surface area contributed by atoms with Gasteiger partial charge in [0, 0.05) is 37.7 Å². The Balaban J connectivity index is 1.32. The summed E-state index contributed by atoms with van der Waals surface area (Å²) in [6.45, 7) is 9.20. The van der Waals surface area contributed by atoms with E-state index in [0.717, 1.165) is 18.9 Å². The quantitative estimate of drug-likeness (QED) is 0.254. The highest BCUT2D eigenvalue weighted by Gasteiger charge is 2.26. The molecular formula is C26H31ClN9O4PS. The second kappa shape index (κ2) is 11.9. The van der Waals surface area contributed by atoms with Gasteiger partial charge in [-0.3, -0.25) is 5.32 Å². The van der Waals surface area contributed by atoms with Crippen LogP contribution < -0.4 is 25.7 Å². The Labute approximate surface area is 249 Å². The van der Waals surface area contributed by atoms with Gasteiger partial charge >= 0.3 is 12.0 Å². The normalized spacial score (nSPS) is 14.3. The summed E-state index contributed by atoms with van der Waals surface area (Å²) in [5, 5.41) is 14.0. The van der Waals surface area contributed by atoms with Gasteiger partial charge in [-0.15, -0.1) is 0 Å². The third-order valence-electron chi connectivity index (χ3n) is 6.67. The summed E-state index contributed by atoms with van der Waals surface area (Å²) in [5.41, 5.74) is 0.248. The molecule has 1 saturated heterocycles. The fraction of sp³-hybridized carbons (Fsp3) is 0.346. The number of halogens is 1. The number of pyridine rings is 1. The molecule has 0 unspecified atom stereocenters. The molecule has 16 heteroatoms. The molecule has 1 fully saturated rings.